The van der Waals surface area contributed by atoms with Crippen LogP contribution in [0.4, 0.5) is 5.69 Å². The number of rotatable bonds is 1. The summed E-state index contributed by atoms with van der Waals surface area (Å²) in [6.07, 6.45) is 5.81. The van der Waals surface area contributed by atoms with Gasteiger partial charge in [0.25, 0.3) is 5.65 Å². The summed E-state index contributed by atoms with van der Waals surface area (Å²) < 4.78 is 3.97. The van der Waals surface area contributed by atoms with Gasteiger partial charge in [0, 0.05) is 30.5 Å². The first-order chi connectivity index (χ1) is 12.6. The summed E-state index contributed by atoms with van der Waals surface area (Å²) in [5.41, 5.74) is 4.17. The van der Waals surface area contributed by atoms with Crippen LogP contribution in [0.25, 0.3) is 28.0 Å². The van der Waals surface area contributed by atoms with Gasteiger partial charge in [-0.05, 0) is 11.5 Å². The highest BCUT2D eigenvalue weighted by atomic mass is 32.2. The lowest BCUT2D eigenvalue weighted by atomic mass is 10.1. The molecule has 0 amide bonds. The van der Waals surface area contributed by atoms with Gasteiger partial charge in [0.2, 0.25) is 6.33 Å². The quantitative estimate of drug-likeness (QED) is 0.487. The smallest absolute Gasteiger partial charge is 0.291 e. The van der Waals surface area contributed by atoms with E-state index in [-0.39, 0.29) is 0 Å². The fourth-order valence-corrected chi connectivity index (χ4v) is 4.64. The van der Waals surface area contributed by atoms with Gasteiger partial charge in [-0.25, -0.2) is 4.57 Å². The van der Waals surface area contributed by atoms with Gasteiger partial charge in [0.05, 0.1) is 17.8 Å². The molecule has 26 heavy (non-hydrogen) atoms. The first-order valence-corrected chi connectivity index (χ1v) is 9.26. The molecular formula is C20H18N5S+. The van der Waals surface area contributed by atoms with Gasteiger partial charge in [-0.15, -0.1) is 4.98 Å². The molecule has 0 saturated heterocycles. The van der Waals surface area contributed by atoms with Crippen molar-refractivity contribution in [3.05, 3.63) is 59.8 Å². The summed E-state index contributed by atoms with van der Waals surface area (Å²) in [6.45, 7) is 0. The van der Waals surface area contributed by atoms with E-state index in [1.54, 1.807) is 11.8 Å². The minimum absolute atomic E-state index is 0.933. The van der Waals surface area contributed by atoms with E-state index < -0.39 is 0 Å². The van der Waals surface area contributed by atoms with Gasteiger partial charge in [-0.1, -0.05) is 47.1 Å². The van der Waals surface area contributed by atoms with Crippen LogP contribution in [0.3, 0.4) is 0 Å². The number of nitrogens with zero attached hydrogens (tertiary/aromatic N) is 5. The Bertz CT molecular complexity index is 1210. The van der Waals surface area contributed by atoms with E-state index in [0.717, 1.165) is 16.9 Å². The summed E-state index contributed by atoms with van der Waals surface area (Å²) in [5, 5.41) is 3.71. The molecule has 1 aliphatic rings. The van der Waals surface area contributed by atoms with Crippen LogP contribution in [0, 0.1) is 0 Å². The number of fused-ring (bicyclic) bond motifs is 4. The van der Waals surface area contributed by atoms with Crippen molar-refractivity contribution in [2.45, 2.75) is 4.90 Å². The maximum atomic E-state index is 4.65. The molecule has 3 heterocycles. The van der Waals surface area contributed by atoms with Crippen molar-refractivity contribution in [1.82, 2.24) is 14.5 Å². The van der Waals surface area contributed by atoms with Crippen LogP contribution in [0.5, 0.6) is 0 Å². The first kappa shape index (κ1) is 15.4. The van der Waals surface area contributed by atoms with E-state index in [1.807, 2.05) is 35.9 Å². The molecule has 6 heteroatoms. The fraction of sp³-hybridized carbons (Fsp3) is 0.150. The number of imidazole rings is 1. The van der Waals surface area contributed by atoms with Crippen molar-refractivity contribution >= 4 is 45.5 Å². The molecule has 4 aromatic rings. The maximum Gasteiger partial charge on any atom is 0.291 e. The molecule has 5 rings (SSSR count). The van der Waals surface area contributed by atoms with Crippen molar-refractivity contribution in [1.29, 1.82) is 0 Å². The molecule has 0 atom stereocenters. The molecule has 0 saturated carbocycles. The maximum absolute atomic E-state index is 4.65. The standard InChI is InChI=1S/C20H18N5S/c1-23-12-22-20-19(23)15(21-11-24(20)2)10-17-25(3)18-14-7-5-4-6-13(14)8-9-16(18)26-17/h4-12H,1-3H3/q+1. The number of anilines is 1. The number of aromatic nitrogens is 4. The molecule has 0 radical (unpaired) electrons. The molecule has 0 bridgehead atoms. The molecule has 0 spiro atoms. The van der Waals surface area contributed by atoms with Gasteiger partial charge in [0.15, 0.2) is 17.5 Å². The molecule has 0 unspecified atom stereocenters. The molecule has 2 aromatic heterocycles. The summed E-state index contributed by atoms with van der Waals surface area (Å²) in [7, 11) is 6.10. The van der Waals surface area contributed by atoms with Gasteiger partial charge < -0.3 is 9.47 Å². The van der Waals surface area contributed by atoms with Crippen LogP contribution in [0.2, 0.25) is 0 Å². The summed E-state index contributed by atoms with van der Waals surface area (Å²) in [4.78, 5) is 12.7. The Hall–Kier alpha value is -2.86. The van der Waals surface area contributed by atoms with Crippen LogP contribution in [-0.2, 0) is 14.1 Å². The van der Waals surface area contributed by atoms with Crippen LogP contribution in [0.15, 0.2) is 59.0 Å². The van der Waals surface area contributed by atoms with E-state index in [9.17, 15) is 0 Å². The van der Waals surface area contributed by atoms with Crippen LogP contribution in [-0.4, -0.2) is 21.6 Å². The third-order valence-corrected chi connectivity index (χ3v) is 6.02. The lowest BCUT2D eigenvalue weighted by Crippen LogP contribution is -2.30. The largest absolute Gasteiger partial charge is 0.338 e. The number of thioether (sulfide) groups is 1. The highest BCUT2D eigenvalue weighted by Crippen LogP contribution is 2.49. The molecule has 0 fully saturated rings. The van der Waals surface area contributed by atoms with Crippen LogP contribution in [0.1, 0.15) is 5.69 Å². The lowest BCUT2D eigenvalue weighted by molar-refractivity contribution is -0.649. The Morgan fingerprint density at radius 2 is 1.92 bits per heavy atom. The van der Waals surface area contributed by atoms with Crippen LogP contribution >= 0.6 is 11.8 Å². The molecule has 1 aliphatic heterocycles. The predicted octanol–water partition coefficient (Wildman–Crippen LogP) is 3.49. The van der Waals surface area contributed by atoms with E-state index >= 15 is 0 Å². The van der Waals surface area contributed by atoms with Gasteiger partial charge in [-0.2, -0.15) is 0 Å². The molecule has 0 N–H and O–H groups in total. The average Bonchev–Trinajstić information content (AvgIpc) is 3.19. The monoisotopic (exact) mass is 360 g/mol. The van der Waals surface area contributed by atoms with E-state index in [4.69, 9.17) is 0 Å². The van der Waals surface area contributed by atoms with E-state index in [0.29, 0.717) is 0 Å². The van der Waals surface area contributed by atoms with Gasteiger partial charge in [-0.3, -0.25) is 0 Å². The Balaban J connectivity index is 1.67. The predicted molar refractivity (Wildman–Crippen MR) is 106 cm³/mol. The highest BCUT2D eigenvalue weighted by Gasteiger charge is 2.26. The normalized spacial score (nSPS) is 15.3. The third kappa shape index (κ3) is 2.15. The Morgan fingerprint density at radius 1 is 1.08 bits per heavy atom. The minimum Gasteiger partial charge on any atom is -0.338 e. The first-order valence-electron chi connectivity index (χ1n) is 8.44. The van der Waals surface area contributed by atoms with Gasteiger partial charge >= 0.3 is 0 Å². The minimum atomic E-state index is 0.933. The second-order valence-electron chi connectivity index (χ2n) is 6.55. The summed E-state index contributed by atoms with van der Waals surface area (Å²) >= 11 is 1.79. The average molecular weight is 360 g/mol. The SMILES string of the molecule is CN1/C(=C/c2nc[n+](C)c3ncn(C)c23)Sc2ccc3ccccc3c21. The molecule has 2 aromatic carbocycles. The molecule has 5 nitrogen and oxygen atoms in total. The number of benzene rings is 2. The van der Waals surface area contributed by atoms with Crippen LogP contribution < -0.4 is 9.47 Å². The van der Waals surface area contributed by atoms with Crippen molar-refractivity contribution in [2.75, 3.05) is 11.9 Å². The summed E-state index contributed by atoms with van der Waals surface area (Å²) in [5.74, 6) is 0. The Labute approximate surface area is 155 Å². The second kappa shape index (κ2) is 5.57. The zero-order chi connectivity index (χ0) is 17.8. The zero-order valence-corrected chi connectivity index (χ0v) is 15.7. The third-order valence-electron chi connectivity index (χ3n) is 4.87. The molecule has 0 aliphatic carbocycles. The summed E-state index contributed by atoms with van der Waals surface area (Å²) in [6, 6.07) is 12.9. The zero-order valence-electron chi connectivity index (χ0n) is 14.8. The number of aryl methyl sites for hydroxylation is 2. The lowest BCUT2D eigenvalue weighted by Gasteiger charge is -2.15. The second-order valence-corrected chi connectivity index (χ2v) is 7.61. The van der Waals surface area contributed by atoms with Crippen molar-refractivity contribution in [3.63, 3.8) is 0 Å². The fourth-order valence-electron chi connectivity index (χ4n) is 3.54. The van der Waals surface area contributed by atoms with Gasteiger partial charge in [0.1, 0.15) is 0 Å². The highest BCUT2D eigenvalue weighted by molar-refractivity contribution is 8.04. The molecule has 128 valence electrons. The Morgan fingerprint density at radius 3 is 2.81 bits per heavy atom. The topological polar surface area (TPSA) is 37.8 Å². The number of hydrogen-bond donors (Lipinski definition) is 0. The molecular weight excluding hydrogens is 342 g/mol. The Kier molecular flexibility index (Phi) is 3.30. The van der Waals surface area contributed by atoms with E-state index in [1.165, 1.54) is 26.4 Å². The van der Waals surface area contributed by atoms with E-state index in [2.05, 4.69) is 64.4 Å². The number of hydrogen-bond acceptors (Lipinski definition) is 4. The van der Waals surface area contributed by atoms with Crippen molar-refractivity contribution in [3.8, 4) is 0 Å². The van der Waals surface area contributed by atoms with Crippen molar-refractivity contribution < 1.29 is 4.57 Å². The van der Waals surface area contributed by atoms with Crippen molar-refractivity contribution in [2.24, 2.45) is 14.1 Å².